The Bertz CT molecular complexity index is 828. The summed E-state index contributed by atoms with van der Waals surface area (Å²) in [7, 11) is 0. The smallest absolute Gasteiger partial charge is 0.355 e. The first-order chi connectivity index (χ1) is 11.8. The minimum absolute atomic E-state index is 0.132. The monoisotopic (exact) mass is 350 g/mol. The molecule has 1 N–H and O–H groups in total. The summed E-state index contributed by atoms with van der Waals surface area (Å²) in [6.45, 7) is 7.57. The van der Waals surface area contributed by atoms with Crippen molar-refractivity contribution in [1.82, 2.24) is 4.57 Å². The molecule has 1 heterocycles. The third-order valence-corrected chi connectivity index (χ3v) is 3.96. The van der Waals surface area contributed by atoms with Gasteiger partial charge in [0, 0.05) is 18.3 Å². The standard InChI is InChI=1S/C18H20F2N2O3/c1-5-22-11(4)15(10(3)16(22)18(24)25-6-2)17(23)21-14-8-7-12(19)9-13(14)20/h7-9H,5-6H2,1-4H3,(H,21,23). The lowest BCUT2D eigenvalue weighted by atomic mass is 10.1. The number of anilines is 1. The topological polar surface area (TPSA) is 60.3 Å². The van der Waals surface area contributed by atoms with Crippen molar-refractivity contribution in [3.63, 3.8) is 0 Å². The minimum Gasteiger partial charge on any atom is -0.461 e. The molecule has 2 rings (SSSR count). The van der Waals surface area contributed by atoms with Crippen LogP contribution in [0.3, 0.4) is 0 Å². The first-order valence-electron chi connectivity index (χ1n) is 7.94. The van der Waals surface area contributed by atoms with Gasteiger partial charge in [-0.15, -0.1) is 0 Å². The molecular weight excluding hydrogens is 330 g/mol. The van der Waals surface area contributed by atoms with Crippen LogP contribution in [-0.4, -0.2) is 23.1 Å². The van der Waals surface area contributed by atoms with E-state index >= 15 is 0 Å². The number of nitrogens with zero attached hydrogens (tertiary/aromatic N) is 1. The van der Waals surface area contributed by atoms with Crippen molar-refractivity contribution < 1.29 is 23.1 Å². The maximum absolute atomic E-state index is 13.8. The lowest BCUT2D eigenvalue weighted by Gasteiger charge is -2.08. The Labute approximate surface area is 144 Å². The van der Waals surface area contributed by atoms with E-state index in [0.717, 1.165) is 12.1 Å². The number of esters is 1. The van der Waals surface area contributed by atoms with Gasteiger partial charge in [-0.05, 0) is 45.4 Å². The van der Waals surface area contributed by atoms with Crippen molar-refractivity contribution >= 4 is 17.6 Å². The predicted octanol–water partition coefficient (Wildman–Crippen LogP) is 3.83. The number of nitrogens with one attached hydrogen (secondary N) is 1. The summed E-state index contributed by atoms with van der Waals surface area (Å²) in [5, 5.41) is 2.42. The Hall–Kier alpha value is -2.70. The lowest BCUT2D eigenvalue weighted by molar-refractivity contribution is 0.0512. The summed E-state index contributed by atoms with van der Waals surface area (Å²) in [5.41, 5.74) is 1.47. The molecule has 0 aliphatic carbocycles. The van der Waals surface area contributed by atoms with Crippen LogP contribution >= 0.6 is 0 Å². The van der Waals surface area contributed by atoms with Gasteiger partial charge < -0.3 is 14.6 Å². The summed E-state index contributed by atoms with van der Waals surface area (Å²) in [6.07, 6.45) is 0. The Balaban J connectivity index is 2.44. The maximum atomic E-state index is 13.8. The second kappa shape index (κ2) is 7.46. The molecule has 0 atom stereocenters. The van der Waals surface area contributed by atoms with Crippen LogP contribution in [0.5, 0.6) is 0 Å². The van der Waals surface area contributed by atoms with Gasteiger partial charge in [0.15, 0.2) is 0 Å². The van der Waals surface area contributed by atoms with Gasteiger partial charge >= 0.3 is 5.97 Å². The molecule has 134 valence electrons. The number of aromatic nitrogens is 1. The van der Waals surface area contributed by atoms with Gasteiger partial charge in [-0.3, -0.25) is 4.79 Å². The van der Waals surface area contributed by atoms with Gasteiger partial charge in [-0.25, -0.2) is 13.6 Å². The molecule has 0 aliphatic rings. The van der Waals surface area contributed by atoms with Crippen LogP contribution in [0.2, 0.25) is 0 Å². The molecular formula is C18H20F2N2O3. The number of carbonyl (C=O) groups excluding carboxylic acids is 2. The first kappa shape index (κ1) is 18.6. The molecule has 1 aromatic heterocycles. The Kier molecular flexibility index (Phi) is 5.56. The van der Waals surface area contributed by atoms with Crippen molar-refractivity contribution in [2.45, 2.75) is 34.2 Å². The molecule has 0 unspecified atom stereocenters. The average molecular weight is 350 g/mol. The van der Waals surface area contributed by atoms with E-state index in [1.54, 1.807) is 25.3 Å². The number of ether oxygens (including phenoxy) is 1. The van der Waals surface area contributed by atoms with E-state index in [2.05, 4.69) is 5.32 Å². The van der Waals surface area contributed by atoms with Crippen molar-refractivity contribution in [2.75, 3.05) is 11.9 Å². The molecule has 0 fully saturated rings. The van der Waals surface area contributed by atoms with Gasteiger partial charge in [-0.2, -0.15) is 0 Å². The van der Waals surface area contributed by atoms with Gasteiger partial charge in [0.2, 0.25) is 0 Å². The zero-order valence-electron chi connectivity index (χ0n) is 14.6. The van der Waals surface area contributed by atoms with Crippen LogP contribution in [0.1, 0.15) is 46.0 Å². The fourth-order valence-corrected chi connectivity index (χ4v) is 2.86. The zero-order chi connectivity index (χ0) is 18.7. The minimum atomic E-state index is -0.871. The number of benzene rings is 1. The van der Waals surface area contributed by atoms with E-state index < -0.39 is 23.5 Å². The third kappa shape index (κ3) is 3.55. The fraction of sp³-hybridized carbons (Fsp3) is 0.333. The molecule has 25 heavy (non-hydrogen) atoms. The normalized spacial score (nSPS) is 10.6. The molecule has 0 bridgehead atoms. The van der Waals surface area contributed by atoms with E-state index in [4.69, 9.17) is 4.74 Å². The summed E-state index contributed by atoms with van der Waals surface area (Å²) < 4.78 is 33.5. The fourth-order valence-electron chi connectivity index (χ4n) is 2.86. The van der Waals surface area contributed by atoms with Crippen LogP contribution in [0.4, 0.5) is 14.5 Å². The highest BCUT2D eigenvalue weighted by Crippen LogP contribution is 2.25. The summed E-state index contributed by atoms with van der Waals surface area (Å²) in [6, 6.07) is 2.90. The molecule has 1 aromatic carbocycles. The molecule has 1 amide bonds. The Morgan fingerprint density at radius 1 is 1.20 bits per heavy atom. The maximum Gasteiger partial charge on any atom is 0.355 e. The number of hydrogen-bond donors (Lipinski definition) is 1. The largest absolute Gasteiger partial charge is 0.461 e. The Morgan fingerprint density at radius 2 is 1.88 bits per heavy atom. The molecule has 0 saturated heterocycles. The first-order valence-corrected chi connectivity index (χ1v) is 7.94. The molecule has 5 nitrogen and oxygen atoms in total. The van der Waals surface area contributed by atoms with E-state index in [1.807, 2.05) is 6.92 Å². The molecule has 0 spiro atoms. The number of hydrogen-bond acceptors (Lipinski definition) is 3. The summed E-state index contributed by atoms with van der Waals surface area (Å²) >= 11 is 0. The van der Waals surface area contributed by atoms with Crippen molar-refractivity contribution in [3.8, 4) is 0 Å². The van der Waals surface area contributed by atoms with Crippen molar-refractivity contribution in [1.29, 1.82) is 0 Å². The quantitative estimate of drug-likeness (QED) is 0.834. The highest BCUT2D eigenvalue weighted by molar-refractivity contribution is 6.08. The zero-order valence-corrected chi connectivity index (χ0v) is 14.6. The molecule has 0 radical (unpaired) electrons. The number of amides is 1. The SMILES string of the molecule is CCOC(=O)c1c(C)c(C(=O)Nc2ccc(F)cc2F)c(C)n1CC. The number of halogens is 2. The second-order valence-electron chi connectivity index (χ2n) is 5.48. The van der Waals surface area contributed by atoms with Gasteiger partial charge in [0.05, 0.1) is 17.9 Å². The van der Waals surface area contributed by atoms with Gasteiger partial charge in [-0.1, -0.05) is 0 Å². The number of rotatable bonds is 5. The van der Waals surface area contributed by atoms with Crippen molar-refractivity contribution in [2.24, 2.45) is 0 Å². The predicted molar refractivity (Wildman–Crippen MR) is 89.8 cm³/mol. The van der Waals surface area contributed by atoms with Crippen LogP contribution < -0.4 is 5.32 Å². The molecule has 0 saturated carbocycles. The lowest BCUT2D eigenvalue weighted by Crippen LogP contribution is -2.15. The second-order valence-corrected chi connectivity index (χ2v) is 5.48. The van der Waals surface area contributed by atoms with E-state index in [-0.39, 0.29) is 17.9 Å². The summed E-state index contributed by atoms with van der Waals surface area (Å²) in [5.74, 6) is -2.69. The van der Waals surface area contributed by atoms with Crippen LogP contribution in [0.15, 0.2) is 18.2 Å². The van der Waals surface area contributed by atoms with E-state index in [0.29, 0.717) is 29.6 Å². The van der Waals surface area contributed by atoms with Gasteiger partial charge in [0.1, 0.15) is 17.3 Å². The van der Waals surface area contributed by atoms with Crippen LogP contribution in [-0.2, 0) is 11.3 Å². The van der Waals surface area contributed by atoms with E-state index in [9.17, 15) is 18.4 Å². The molecule has 2 aromatic rings. The van der Waals surface area contributed by atoms with Crippen LogP contribution in [0, 0.1) is 25.5 Å². The highest BCUT2D eigenvalue weighted by atomic mass is 19.1. The van der Waals surface area contributed by atoms with Crippen LogP contribution in [0.25, 0.3) is 0 Å². The molecule has 0 aliphatic heterocycles. The van der Waals surface area contributed by atoms with Crippen molar-refractivity contribution in [3.05, 3.63) is 52.3 Å². The third-order valence-electron chi connectivity index (χ3n) is 3.96. The average Bonchev–Trinajstić information content (AvgIpc) is 2.80. The molecule has 7 heteroatoms. The summed E-state index contributed by atoms with van der Waals surface area (Å²) in [4.78, 5) is 24.8. The highest BCUT2D eigenvalue weighted by Gasteiger charge is 2.27. The Morgan fingerprint density at radius 3 is 2.44 bits per heavy atom. The van der Waals surface area contributed by atoms with Gasteiger partial charge in [0.25, 0.3) is 5.91 Å². The number of carbonyl (C=O) groups is 2. The van der Waals surface area contributed by atoms with E-state index in [1.165, 1.54) is 0 Å².